The standard InChI is InChI=1S/C12H21N3O.C11H16N2O2/c1-15-11(16)10(14-12(15)13)8-7-9-5-3-2-4-6-9;1-8-3-2-4-9(7-8)13-11(14)10-5-6-12-15-10/h9-10H,2-8H2,1H3,(H2,13,14);5-6,8-9H,2-4,7H2,1H3,(H,13,14)/t;8?,9-/m.1/s1. The van der Waals surface area contributed by atoms with Crippen LogP contribution in [0.4, 0.5) is 0 Å². The molecule has 1 aromatic rings. The molecule has 172 valence electrons. The van der Waals surface area contributed by atoms with Crippen molar-refractivity contribution in [1.29, 1.82) is 0 Å². The highest BCUT2D eigenvalue weighted by molar-refractivity contribution is 6.03. The van der Waals surface area contributed by atoms with E-state index in [1.807, 2.05) is 0 Å². The van der Waals surface area contributed by atoms with Crippen LogP contribution in [0.3, 0.4) is 0 Å². The zero-order valence-electron chi connectivity index (χ0n) is 18.9. The summed E-state index contributed by atoms with van der Waals surface area (Å²) in [6.07, 6.45) is 14.8. The van der Waals surface area contributed by atoms with Crippen LogP contribution in [0.2, 0.25) is 0 Å². The summed E-state index contributed by atoms with van der Waals surface area (Å²) >= 11 is 0. The molecule has 0 aromatic carbocycles. The van der Waals surface area contributed by atoms with Gasteiger partial charge in [0.1, 0.15) is 6.04 Å². The first kappa shape index (κ1) is 23.3. The van der Waals surface area contributed by atoms with Crippen molar-refractivity contribution in [3.8, 4) is 0 Å². The van der Waals surface area contributed by atoms with E-state index in [1.54, 1.807) is 13.1 Å². The molecule has 31 heavy (non-hydrogen) atoms. The van der Waals surface area contributed by atoms with E-state index in [9.17, 15) is 9.59 Å². The van der Waals surface area contributed by atoms with E-state index in [0.717, 1.165) is 31.6 Å². The number of carbonyl (C=O) groups is 2. The Bertz CT molecular complexity index is 742. The van der Waals surface area contributed by atoms with Crippen LogP contribution in [-0.4, -0.2) is 47.0 Å². The average molecular weight is 432 g/mol. The third-order valence-electron chi connectivity index (χ3n) is 6.75. The molecule has 2 unspecified atom stereocenters. The Kier molecular flexibility index (Phi) is 8.49. The van der Waals surface area contributed by atoms with Crippen molar-refractivity contribution >= 4 is 17.8 Å². The highest BCUT2D eigenvalue weighted by atomic mass is 16.5. The number of guanidine groups is 1. The van der Waals surface area contributed by atoms with Gasteiger partial charge in [-0.05, 0) is 37.5 Å². The molecule has 8 heteroatoms. The van der Waals surface area contributed by atoms with Crippen molar-refractivity contribution in [3.63, 3.8) is 0 Å². The molecule has 3 aliphatic rings. The minimum Gasteiger partial charge on any atom is -0.369 e. The molecule has 4 rings (SSSR count). The number of carbonyl (C=O) groups excluding carboxylic acids is 2. The molecule has 0 spiro atoms. The third kappa shape index (κ3) is 6.80. The Morgan fingerprint density at radius 3 is 2.58 bits per heavy atom. The monoisotopic (exact) mass is 431 g/mol. The van der Waals surface area contributed by atoms with Gasteiger partial charge in [0.15, 0.2) is 5.96 Å². The maximum atomic E-state index is 11.7. The Morgan fingerprint density at radius 2 is 1.97 bits per heavy atom. The lowest BCUT2D eigenvalue weighted by molar-refractivity contribution is -0.126. The van der Waals surface area contributed by atoms with E-state index in [0.29, 0.717) is 23.7 Å². The molecule has 0 saturated heterocycles. The molecule has 2 saturated carbocycles. The first-order chi connectivity index (χ1) is 14.9. The van der Waals surface area contributed by atoms with Crippen molar-refractivity contribution in [2.24, 2.45) is 22.6 Å². The molecule has 2 amide bonds. The number of rotatable bonds is 5. The summed E-state index contributed by atoms with van der Waals surface area (Å²) in [4.78, 5) is 29.0. The van der Waals surface area contributed by atoms with E-state index in [-0.39, 0.29) is 17.9 Å². The molecule has 2 fully saturated rings. The number of likely N-dealkylation sites (N-methyl/N-ethyl adjacent to an activating group) is 1. The molecule has 3 N–H and O–H groups in total. The minimum atomic E-state index is -0.202. The lowest BCUT2D eigenvalue weighted by Gasteiger charge is -2.26. The van der Waals surface area contributed by atoms with Crippen LogP contribution in [0.5, 0.6) is 0 Å². The molecular weight excluding hydrogens is 394 g/mol. The number of amides is 2. The van der Waals surface area contributed by atoms with Crippen LogP contribution < -0.4 is 11.1 Å². The fraction of sp³-hybridized carbons (Fsp3) is 0.739. The van der Waals surface area contributed by atoms with Gasteiger partial charge in [0.25, 0.3) is 11.8 Å². The SMILES string of the molecule is CC1CCC[C@@H](NC(=O)c2ccno2)C1.CN1C(=O)C(CCC2CCCCC2)N=C1N. The van der Waals surface area contributed by atoms with Gasteiger partial charge < -0.3 is 15.6 Å². The lowest BCUT2D eigenvalue weighted by Crippen LogP contribution is -2.37. The van der Waals surface area contributed by atoms with Gasteiger partial charge in [0.05, 0.1) is 6.20 Å². The molecule has 1 aromatic heterocycles. The summed E-state index contributed by atoms with van der Waals surface area (Å²) in [5.74, 6) is 2.11. The second kappa shape index (κ2) is 11.3. The van der Waals surface area contributed by atoms with Gasteiger partial charge in [-0.3, -0.25) is 14.5 Å². The van der Waals surface area contributed by atoms with Crippen molar-refractivity contribution in [3.05, 3.63) is 18.0 Å². The third-order valence-corrected chi connectivity index (χ3v) is 6.75. The van der Waals surface area contributed by atoms with E-state index in [4.69, 9.17) is 10.3 Å². The highest BCUT2D eigenvalue weighted by Gasteiger charge is 2.30. The van der Waals surface area contributed by atoms with E-state index in [1.165, 1.54) is 56.0 Å². The molecule has 1 aliphatic heterocycles. The number of hydrogen-bond acceptors (Lipinski definition) is 6. The van der Waals surface area contributed by atoms with Crippen LogP contribution in [0.25, 0.3) is 0 Å². The number of hydrogen-bond donors (Lipinski definition) is 2. The average Bonchev–Trinajstić information content (AvgIpc) is 3.39. The first-order valence-corrected chi connectivity index (χ1v) is 11.8. The van der Waals surface area contributed by atoms with Crippen molar-refractivity contribution in [1.82, 2.24) is 15.4 Å². The van der Waals surface area contributed by atoms with Gasteiger partial charge in [0.2, 0.25) is 5.76 Å². The number of aromatic nitrogens is 1. The van der Waals surface area contributed by atoms with Gasteiger partial charge in [-0.2, -0.15) is 0 Å². The smallest absolute Gasteiger partial charge is 0.290 e. The van der Waals surface area contributed by atoms with Crippen LogP contribution >= 0.6 is 0 Å². The molecular formula is C23H37N5O3. The molecule has 8 nitrogen and oxygen atoms in total. The second-order valence-electron chi connectivity index (χ2n) is 9.30. The summed E-state index contributed by atoms with van der Waals surface area (Å²) in [6, 6.07) is 1.68. The van der Waals surface area contributed by atoms with Gasteiger partial charge in [0, 0.05) is 19.2 Å². The van der Waals surface area contributed by atoms with Crippen LogP contribution in [0, 0.1) is 11.8 Å². The van der Waals surface area contributed by atoms with Crippen LogP contribution in [-0.2, 0) is 4.79 Å². The van der Waals surface area contributed by atoms with Crippen LogP contribution in [0.15, 0.2) is 21.8 Å². The Balaban J connectivity index is 0.000000176. The number of nitrogens with zero attached hydrogens (tertiary/aromatic N) is 3. The summed E-state index contributed by atoms with van der Waals surface area (Å²) in [6.45, 7) is 2.23. The van der Waals surface area contributed by atoms with Gasteiger partial charge >= 0.3 is 0 Å². The number of nitrogens with one attached hydrogen (secondary N) is 1. The molecule has 0 radical (unpaired) electrons. The Labute approximate surface area is 185 Å². The zero-order chi connectivity index (χ0) is 22.2. The molecule has 3 atom stereocenters. The highest BCUT2D eigenvalue weighted by Crippen LogP contribution is 2.29. The zero-order valence-corrected chi connectivity index (χ0v) is 18.9. The lowest BCUT2D eigenvalue weighted by atomic mass is 9.85. The summed E-state index contributed by atoms with van der Waals surface area (Å²) in [5, 5.41) is 6.49. The van der Waals surface area contributed by atoms with E-state index in [2.05, 4.69) is 22.4 Å². The Morgan fingerprint density at radius 1 is 1.19 bits per heavy atom. The topological polar surface area (TPSA) is 114 Å². The van der Waals surface area contributed by atoms with Crippen LogP contribution in [0.1, 0.15) is 88.1 Å². The minimum absolute atomic E-state index is 0.0632. The maximum Gasteiger partial charge on any atom is 0.290 e. The van der Waals surface area contributed by atoms with Gasteiger partial charge in [-0.25, -0.2) is 4.99 Å². The predicted molar refractivity (Wildman–Crippen MR) is 119 cm³/mol. The van der Waals surface area contributed by atoms with Gasteiger partial charge in [-0.1, -0.05) is 57.0 Å². The van der Waals surface area contributed by atoms with E-state index >= 15 is 0 Å². The normalized spacial score (nSPS) is 26.8. The Hall–Kier alpha value is -2.38. The molecule has 2 heterocycles. The largest absolute Gasteiger partial charge is 0.369 e. The second-order valence-corrected chi connectivity index (χ2v) is 9.30. The fourth-order valence-electron chi connectivity index (χ4n) is 4.85. The molecule has 2 aliphatic carbocycles. The number of nitrogens with two attached hydrogens (primary N) is 1. The molecule has 0 bridgehead atoms. The number of aliphatic imine (C=N–C) groups is 1. The summed E-state index contributed by atoms with van der Waals surface area (Å²) in [5.41, 5.74) is 5.62. The fourth-order valence-corrected chi connectivity index (χ4v) is 4.85. The van der Waals surface area contributed by atoms with E-state index < -0.39 is 0 Å². The van der Waals surface area contributed by atoms with Crippen molar-refractivity contribution < 1.29 is 14.1 Å². The summed E-state index contributed by atoms with van der Waals surface area (Å²) < 4.78 is 4.80. The summed E-state index contributed by atoms with van der Waals surface area (Å²) in [7, 11) is 1.70. The van der Waals surface area contributed by atoms with Gasteiger partial charge in [-0.15, -0.1) is 0 Å². The first-order valence-electron chi connectivity index (χ1n) is 11.8. The quantitative estimate of drug-likeness (QED) is 0.741. The predicted octanol–water partition coefficient (Wildman–Crippen LogP) is 3.49. The van der Waals surface area contributed by atoms with Crippen molar-refractivity contribution in [2.75, 3.05) is 7.05 Å². The maximum absolute atomic E-state index is 11.7. The van der Waals surface area contributed by atoms with Crippen molar-refractivity contribution in [2.45, 2.75) is 89.6 Å².